The Balaban J connectivity index is 1.40. The smallest absolute Gasteiger partial charge is 0.263 e. The van der Waals surface area contributed by atoms with Crippen LogP contribution < -0.4 is 4.72 Å². The van der Waals surface area contributed by atoms with Gasteiger partial charge in [-0.2, -0.15) is 0 Å². The van der Waals surface area contributed by atoms with E-state index in [1.165, 1.54) is 28.1 Å². The predicted molar refractivity (Wildman–Crippen MR) is 120 cm³/mol. The summed E-state index contributed by atoms with van der Waals surface area (Å²) >= 11 is 0. The Bertz CT molecular complexity index is 1350. The summed E-state index contributed by atoms with van der Waals surface area (Å²) in [7, 11) is -3.69. The largest absolute Gasteiger partial charge is 0.263 e. The molecule has 0 spiro atoms. The molecule has 5 rings (SSSR count). The number of hydrogen-bond donors (Lipinski definition) is 1. The van der Waals surface area contributed by atoms with Crippen LogP contribution in [0.3, 0.4) is 0 Å². The lowest BCUT2D eigenvalue weighted by molar-refractivity contribution is 0.601. The van der Waals surface area contributed by atoms with E-state index >= 15 is 0 Å². The number of pyridine rings is 1. The molecule has 5 nitrogen and oxygen atoms in total. The lowest BCUT2D eigenvalue weighted by atomic mass is 10.0. The number of anilines is 1. The van der Waals surface area contributed by atoms with Gasteiger partial charge in [0.15, 0.2) is 0 Å². The monoisotopic (exact) mass is 413 g/mol. The van der Waals surface area contributed by atoms with Gasteiger partial charge in [-0.1, -0.05) is 36.4 Å². The maximum Gasteiger partial charge on any atom is 0.263 e. The third-order valence-corrected chi connectivity index (χ3v) is 6.68. The van der Waals surface area contributed by atoms with Crippen molar-refractivity contribution in [3.8, 4) is 0 Å². The van der Waals surface area contributed by atoms with Crippen molar-refractivity contribution in [3.05, 3.63) is 95.7 Å². The molecule has 1 heterocycles. The summed E-state index contributed by atoms with van der Waals surface area (Å²) in [6.07, 6.45) is 5.57. The van der Waals surface area contributed by atoms with Gasteiger partial charge in [0.05, 0.1) is 10.6 Å². The zero-order valence-electron chi connectivity index (χ0n) is 16.1. The highest BCUT2D eigenvalue weighted by Crippen LogP contribution is 2.32. The molecule has 0 aliphatic heterocycles. The fraction of sp³-hybridized carbons (Fsp3) is 0.0833. The number of nitrogens with one attached hydrogen (secondary N) is 1. The zero-order valence-corrected chi connectivity index (χ0v) is 16.9. The molecular weight excluding hydrogens is 394 g/mol. The van der Waals surface area contributed by atoms with Gasteiger partial charge in [0.2, 0.25) is 0 Å². The molecule has 1 N–H and O–H groups in total. The maximum absolute atomic E-state index is 12.5. The second-order valence-corrected chi connectivity index (χ2v) is 8.91. The molecule has 3 aromatic carbocycles. The van der Waals surface area contributed by atoms with E-state index in [1.807, 2.05) is 6.21 Å². The van der Waals surface area contributed by atoms with E-state index in [0.717, 1.165) is 18.4 Å². The van der Waals surface area contributed by atoms with Crippen LogP contribution in [0.25, 0.3) is 10.8 Å². The second-order valence-electron chi connectivity index (χ2n) is 7.23. The fourth-order valence-corrected chi connectivity index (χ4v) is 4.87. The van der Waals surface area contributed by atoms with Crippen LogP contribution in [0.15, 0.2) is 88.9 Å². The lowest BCUT2D eigenvalue weighted by Gasteiger charge is -2.07. The molecule has 1 aliphatic rings. The molecule has 0 amide bonds. The summed E-state index contributed by atoms with van der Waals surface area (Å²) < 4.78 is 27.5. The highest BCUT2D eigenvalue weighted by Gasteiger charge is 2.16. The maximum atomic E-state index is 12.5. The number of aryl methyl sites for hydroxylation is 2. The fourth-order valence-electron chi connectivity index (χ4n) is 3.86. The quantitative estimate of drug-likeness (QED) is 0.474. The molecule has 0 atom stereocenters. The summed E-state index contributed by atoms with van der Waals surface area (Å²) in [5.74, 6) is 0.284. The number of benzene rings is 3. The molecule has 0 bridgehead atoms. The molecule has 4 aromatic rings. The number of aromatic nitrogens is 1. The van der Waals surface area contributed by atoms with Crippen LogP contribution in [-0.4, -0.2) is 19.6 Å². The average molecular weight is 414 g/mol. The molecule has 0 saturated carbocycles. The molecular formula is C24H19N3O2S. The minimum Gasteiger partial charge on any atom is -0.263 e. The van der Waals surface area contributed by atoms with Crippen LogP contribution in [-0.2, 0) is 22.9 Å². The third kappa shape index (κ3) is 3.46. The van der Waals surface area contributed by atoms with Crippen LogP contribution in [0.1, 0.15) is 16.7 Å². The van der Waals surface area contributed by atoms with E-state index in [-0.39, 0.29) is 10.7 Å². The van der Waals surface area contributed by atoms with Crippen molar-refractivity contribution in [3.63, 3.8) is 0 Å². The average Bonchev–Trinajstić information content (AvgIpc) is 3.19. The van der Waals surface area contributed by atoms with Gasteiger partial charge in [-0.05, 0) is 71.1 Å². The van der Waals surface area contributed by atoms with Crippen molar-refractivity contribution in [2.24, 2.45) is 4.99 Å². The summed E-state index contributed by atoms with van der Waals surface area (Å²) in [4.78, 5) is 8.72. The lowest BCUT2D eigenvalue weighted by Crippen LogP contribution is -2.13. The van der Waals surface area contributed by atoms with Gasteiger partial charge in [0, 0.05) is 18.0 Å². The van der Waals surface area contributed by atoms with E-state index in [9.17, 15) is 8.42 Å². The first-order valence-electron chi connectivity index (χ1n) is 9.72. The standard InChI is InChI=1S/C24H19N3O2S/c28-30(29,27-23-6-1-2-15-25-23)21-13-11-20(12-14-21)26-16-19-10-9-18-8-7-17-4-3-5-22(19)24(17)18/h1-6,9-16H,7-8H2,(H,25,27). The number of sulfonamides is 1. The Labute approximate surface area is 175 Å². The minimum atomic E-state index is -3.69. The van der Waals surface area contributed by atoms with Gasteiger partial charge in [0.25, 0.3) is 10.0 Å². The normalized spacial score (nSPS) is 13.2. The van der Waals surface area contributed by atoms with E-state index in [4.69, 9.17) is 0 Å². The Morgan fingerprint density at radius 3 is 2.43 bits per heavy atom. The predicted octanol–water partition coefficient (Wildman–Crippen LogP) is 4.88. The van der Waals surface area contributed by atoms with Crippen LogP contribution >= 0.6 is 0 Å². The van der Waals surface area contributed by atoms with Gasteiger partial charge >= 0.3 is 0 Å². The van der Waals surface area contributed by atoms with Gasteiger partial charge in [-0.3, -0.25) is 9.71 Å². The van der Waals surface area contributed by atoms with Crippen molar-refractivity contribution in [1.82, 2.24) is 4.98 Å². The van der Waals surface area contributed by atoms with Crippen molar-refractivity contribution in [1.29, 1.82) is 0 Å². The van der Waals surface area contributed by atoms with Gasteiger partial charge in [0.1, 0.15) is 5.82 Å². The summed E-state index contributed by atoms with van der Waals surface area (Å²) in [6, 6.07) is 22.3. The summed E-state index contributed by atoms with van der Waals surface area (Å²) in [5.41, 5.74) is 4.54. The molecule has 0 fully saturated rings. The molecule has 0 radical (unpaired) electrons. The van der Waals surface area contributed by atoms with Crippen LogP contribution in [0.5, 0.6) is 0 Å². The Hall–Kier alpha value is -3.51. The first-order valence-corrected chi connectivity index (χ1v) is 11.2. The first kappa shape index (κ1) is 18.5. The number of aliphatic imine (C=N–C) groups is 1. The second kappa shape index (κ2) is 7.39. The number of hydrogen-bond acceptors (Lipinski definition) is 4. The van der Waals surface area contributed by atoms with Crippen molar-refractivity contribution in [2.45, 2.75) is 17.7 Å². The Morgan fingerprint density at radius 1 is 0.867 bits per heavy atom. The number of nitrogens with zero attached hydrogens (tertiary/aromatic N) is 2. The molecule has 0 saturated heterocycles. The van der Waals surface area contributed by atoms with Gasteiger partial charge in [-0.15, -0.1) is 0 Å². The van der Waals surface area contributed by atoms with E-state index in [2.05, 4.69) is 45.0 Å². The topological polar surface area (TPSA) is 71.4 Å². The van der Waals surface area contributed by atoms with Gasteiger partial charge in [-0.25, -0.2) is 13.4 Å². The third-order valence-electron chi connectivity index (χ3n) is 5.31. The molecule has 1 aromatic heterocycles. The molecule has 30 heavy (non-hydrogen) atoms. The Morgan fingerprint density at radius 2 is 1.67 bits per heavy atom. The minimum absolute atomic E-state index is 0.164. The van der Waals surface area contributed by atoms with Crippen LogP contribution in [0, 0.1) is 0 Å². The summed E-state index contributed by atoms with van der Waals surface area (Å²) in [5, 5.41) is 2.56. The molecule has 148 valence electrons. The highest BCUT2D eigenvalue weighted by molar-refractivity contribution is 7.92. The van der Waals surface area contributed by atoms with E-state index < -0.39 is 10.0 Å². The first-order chi connectivity index (χ1) is 14.6. The summed E-state index contributed by atoms with van der Waals surface area (Å²) in [6.45, 7) is 0. The number of rotatable bonds is 5. The van der Waals surface area contributed by atoms with Crippen molar-refractivity contribution >= 4 is 38.5 Å². The van der Waals surface area contributed by atoms with Gasteiger partial charge < -0.3 is 0 Å². The van der Waals surface area contributed by atoms with E-state index in [1.54, 1.807) is 42.5 Å². The molecule has 1 aliphatic carbocycles. The van der Waals surface area contributed by atoms with E-state index in [0.29, 0.717) is 5.69 Å². The SMILES string of the molecule is O=S(=O)(Nc1ccccn1)c1ccc(N=Cc2ccc3c4c(cccc24)CC3)cc1. The van der Waals surface area contributed by atoms with Crippen LogP contribution in [0.4, 0.5) is 11.5 Å². The van der Waals surface area contributed by atoms with Crippen LogP contribution in [0.2, 0.25) is 0 Å². The molecule has 0 unspecified atom stereocenters. The van der Waals surface area contributed by atoms with Crippen molar-refractivity contribution < 1.29 is 8.42 Å². The Kier molecular flexibility index (Phi) is 4.56. The molecule has 6 heteroatoms. The highest BCUT2D eigenvalue weighted by atomic mass is 32.2. The zero-order chi connectivity index (χ0) is 20.6. The van der Waals surface area contributed by atoms with Crippen molar-refractivity contribution in [2.75, 3.05) is 4.72 Å².